The van der Waals surface area contributed by atoms with E-state index in [4.69, 9.17) is 10.5 Å². The Morgan fingerprint density at radius 1 is 1.52 bits per heavy atom. The van der Waals surface area contributed by atoms with E-state index in [0.717, 1.165) is 31.6 Å². The zero-order chi connectivity index (χ0) is 15.4. The molecule has 1 saturated heterocycles. The van der Waals surface area contributed by atoms with E-state index in [1.807, 2.05) is 18.2 Å². The number of likely N-dealkylation sites (N-methyl/N-ethyl adjacent to an activating group) is 2. The van der Waals surface area contributed by atoms with Gasteiger partial charge in [0.15, 0.2) is 0 Å². The molecule has 1 aliphatic rings. The number of hydrogen-bond donors (Lipinski definition) is 1. The monoisotopic (exact) mass is 291 g/mol. The number of nitrogens with zero attached hydrogens (tertiary/aromatic N) is 2. The quantitative estimate of drug-likeness (QED) is 0.847. The lowest BCUT2D eigenvalue weighted by molar-refractivity contribution is 0.1000. The molecule has 2 rings (SSSR count). The molecule has 1 heterocycles. The summed E-state index contributed by atoms with van der Waals surface area (Å²) >= 11 is 0. The molecule has 21 heavy (non-hydrogen) atoms. The van der Waals surface area contributed by atoms with Crippen LogP contribution >= 0.6 is 0 Å². The number of ether oxygens (including phenoxy) is 1. The van der Waals surface area contributed by atoms with E-state index < -0.39 is 0 Å². The molecule has 0 saturated carbocycles. The Bertz CT molecular complexity index is 492. The molecule has 1 aliphatic heterocycles. The van der Waals surface area contributed by atoms with Crippen molar-refractivity contribution in [2.45, 2.75) is 25.1 Å². The molecule has 5 nitrogen and oxygen atoms in total. The Morgan fingerprint density at radius 3 is 2.90 bits per heavy atom. The van der Waals surface area contributed by atoms with Crippen LogP contribution in [0, 0.1) is 0 Å². The Kier molecular flexibility index (Phi) is 5.33. The van der Waals surface area contributed by atoms with Crippen LogP contribution in [0.25, 0.3) is 0 Å². The highest BCUT2D eigenvalue weighted by Gasteiger charge is 2.29. The summed E-state index contributed by atoms with van der Waals surface area (Å²) < 4.78 is 5.44. The molecule has 1 aromatic rings. The first kappa shape index (κ1) is 15.9. The second-order valence-corrected chi connectivity index (χ2v) is 5.95. The van der Waals surface area contributed by atoms with Crippen LogP contribution in [0.3, 0.4) is 0 Å². The number of primary amides is 1. The summed E-state index contributed by atoms with van der Waals surface area (Å²) in [5, 5.41) is 0. The molecule has 2 N–H and O–H groups in total. The van der Waals surface area contributed by atoms with Crippen molar-refractivity contribution < 1.29 is 9.53 Å². The fourth-order valence-electron chi connectivity index (χ4n) is 2.97. The zero-order valence-corrected chi connectivity index (χ0v) is 13.1. The largest absolute Gasteiger partial charge is 0.380 e. The van der Waals surface area contributed by atoms with Gasteiger partial charge in [0.25, 0.3) is 0 Å². The molecular weight excluding hydrogens is 266 g/mol. The minimum atomic E-state index is -0.377. The molecule has 0 spiro atoms. The van der Waals surface area contributed by atoms with Crippen molar-refractivity contribution in [1.29, 1.82) is 0 Å². The first-order valence-corrected chi connectivity index (χ1v) is 7.30. The Labute approximate surface area is 126 Å². The van der Waals surface area contributed by atoms with Crippen LogP contribution < -0.4 is 5.73 Å². The van der Waals surface area contributed by atoms with E-state index in [2.05, 4.69) is 23.9 Å². The Balaban J connectivity index is 1.91. The van der Waals surface area contributed by atoms with Gasteiger partial charge in [-0.1, -0.05) is 12.1 Å². The van der Waals surface area contributed by atoms with Gasteiger partial charge in [0, 0.05) is 38.3 Å². The highest BCUT2D eigenvalue weighted by molar-refractivity contribution is 5.92. The standard InChI is InChI=1S/C16H25N3O2/c1-18(10-14-8-15(21-3)11-19(14)2)9-12-5-4-6-13(7-12)16(17)20/h4-7,14-15H,8-11H2,1-3H3,(H2,17,20)/t14-,15-/m0/s1. The summed E-state index contributed by atoms with van der Waals surface area (Å²) in [6.45, 7) is 2.78. The fourth-order valence-corrected chi connectivity index (χ4v) is 2.97. The molecule has 5 heteroatoms. The molecule has 1 fully saturated rings. The summed E-state index contributed by atoms with van der Waals surface area (Å²) in [6.07, 6.45) is 1.41. The Hall–Kier alpha value is -1.43. The van der Waals surface area contributed by atoms with Gasteiger partial charge in [-0.15, -0.1) is 0 Å². The van der Waals surface area contributed by atoms with Crippen LogP contribution in [0.15, 0.2) is 24.3 Å². The molecule has 116 valence electrons. The summed E-state index contributed by atoms with van der Waals surface area (Å²) in [4.78, 5) is 15.8. The van der Waals surface area contributed by atoms with E-state index in [1.165, 1.54) is 0 Å². The summed E-state index contributed by atoms with van der Waals surface area (Å²) in [7, 11) is 6.02. The number of likely N-dealkylation sites (tertiary alicyclic amines) is 1. The van der Waals surface area contributed by atoms with Gasteiger partial charge in [-0.3, -0.25) is 9.69 Å². The molecule has 0 aromatic heterocycles. The van der Waals surface area contributed by atoms with Crippen LogP contribution in [-0.4, -0.2) is 62.1 Å². The second-order valence-electron chi connectivity index (χ2n) is 5.95. The number of methoxy groups -OCH3 is 1. The molecule has 1 aromatic carbocycles. The lowest BCUT2D eigenvalue weighted by Gasteiger charge is -2.25. The van der Waals surface area contributed by atoms with Crippen molar-refractivity contribution >= 4 is 5.91 Å². The molecule has 2 atom stereocenters. The van der Waals surface area contributed by atoms with E-state index >= 15 is 0 Å². The van der Waals surface area contributed by atoms with Crippen molar-refractivity contribution in [3.63, 3.8) is 0 Å². The lowest BCUT2D eigenvalue weighted by Crippen LogP contribution is -2.36. The Morgan fingerprint density at radius 2 is 2.29 bits per heavy atom. The minimum Gasteiger partial charge on any atom is -0.380 e. The third-order valence-electron chi connectivity index (χ3n) is 4.17. The average molecular weight is 291 g/mol. The van der Waals surface area contributed by atoms with Gasteiger partial charge in [-0.05, 0) is 38.2 Å². The molecule has 0 unspecified atom stereocenters. The topological polar surface area (TPSA) is 58.8 Å². The van der Waals surface area contributed by atoms with Crippen LogP contribution in [-0.2, 0) is 11.3 Å². The first-order chi connectivity index (χ1) is 9.99. The van der Waals surface area contributed by atoms with Crippen LogP contribution in [0.5, 0.6) is 0 Å². The third-order valence-corrected chi connectivity index (χ3v) is 4.17. The van der Waals surface area contributed by atoms with Crippen molar-refractivity contribution in [3.05, 3.63) is 35.4 Å². The van der Waals surface area contributed by atoms with Gasteiger partial charge in [0.05, 0.1) is 6.10 Å². The number of hydrogen-bond acceptors (Lipinski definition) is 4. The van der Waals surface area contributed by atoms with Crippen LogP contribution in [0.1, 0.15) is 22.3 Å². The van der Waals surface area contributed by atoms with E-state index in [0.29, 0.717) is 17.7 Å². The van der Waals surface area contributed by atoms with Crippen LogP contribution in [0.4, 0.5) is 0 Å². The normalized spacial score (nSPS) is 22.9. The van der Waals surface area contributed by atoms with Crippen LogP contribution in [0.2, 0.25) is 0 Å². The first-order valence-electron chi connectivity index (χ1n) is 7.30. The number of carbonyl (C=O) groups is 1. The van der Waals surface area contributed by atoms with Crippen molar-refractivity contribution in [1.82, 2.24) is 9.80 Å². The highest BCUT2D eigenvalue weighted by Crippen LogP contribution is 2.19. The number of amides is 1. The maximum absolute atomic E-state index is 11.2. The number of carbonyl (C=O) groups excluding carboxylic acids is 1. The fraction of sp³-hybridized carbons (Fsp3) is 0.562. The molecular formula is C16H25N3O2. The maximum Gasteiger partial charge on any atom is 0.248 e. The summed E-state index contributed by atoms with van der Waals surface area (Å²) in [5.41, 5.74) is 7.00. The third kappa shape index (κ3) is 4.27. The van der Waals surface area contributed by atoms with Gasteiger partial charge in [-0.2, -0.15) is 0 Å². The molecule has 1 amide bonds. The van der Waals surface area contributed by atoms with Gasteiger partial charge in [0.1, 0.15) is 0 Å². The maximum atomic E-state index is 11.2. The van der Waals surface area contributed by atoms with Gasteiger partial charge < -0.3 is 15.4 Å². The van der Waals surface area contributed by atoms with Gasteiger partial charge >= 0.3 is 0 Å². The van der Waals surface area contributed by atoms with E-state index in [9.17, 15) is 4.79 Å². The van der Waals surface area contributed by atoms with Crippen molar-refractivity contribution in [3.8, 4) is 0 Å². The zero-order valence-electron chi connectivity index (χ0n) is 13.1. The van der Waals surface area contributed by atoms with E-state index in [1.54, 1.807) is 13.2 Å². The second kappa shape index (κ2) is 7.02. The predicted molar refractivity (Wildman–Crippen MR) is 83.1 cm³/mol. The SMILES string of the molecule is CO[C@H]1C[C@@H](CN(C)Cc2cccc(C(N)=O)c2)N(C)C1. The average Bonchev–Trinajstić information content (AvgIpc) is 2.79. The van der Waals surface area contributed by atoms with Crippen molar-refractivity contribution in [2.75, 3.05) is 34.3 Å². The highest BCUT2D eigenvalue weighted by atomic mass is 16.5. The number of nitrogens with two attached hydrogens (primary N) is 1. The summed E-state index contributed by atoms with van der Waals surface area (Å²) in [6, 6.07) is 8.04. The van der Waals surface area contributed by atoms with Gasteiger partial charge in [0.2, 0.25) is 5.91 Å². The lowest BCUT2D eigenvalue weighted by atomic mass is 10.1. The number of rotatable bonds is 6. The summed E-state index contributed by atoms with van der Waals surface area (Å²) in [5.74, 6) is -0.377. The minimum absolute atomic E-state index is 0.339. The molecule has 0 bridgehead atoms. The van der Waals surface area contributed by atoms with E-state index in [-0.39, 0.29) is 5.91 Å². The smallest absolute Gasteiger partial charge is 0.248 e. The molecule has 0 aliphatic carbocycles. The van der Waals surface area contributed by atoms with Crippen molar-refractivity contribution in [2.24, 2.45) is 5.73 Å². The molecule has 0 radical (unpaired) electrons. The van der Waals surface area contributed by atoms with Gasteiger partial charge in [-0.25, -0.2) is 0 Å². The predicted octanol–water partition coefficient (Wildman–Crippen LogP) is 0.936. The number of benzene rings is 1.